The van der Waals surface area contributed by atoms with E-state index < -0.39 is 77.8 Å². The summed E-state index contributed by atoms with van der Waals surface area (Å²) in [5.74, 6) is -3.77. The van der Waals surface area contributed by atoms with E-state index in [0.29, 0.717) is 24.8 Å². The van der Waals surface area contributed by atoms with Gasteiger partial charge < -0.3 is 47.8 Å². The van der Waals surface area contributed by atoms with E-state index in [1.54, 1.807) is 12.1 Å². The predicted molar refractivity (Wildman–Crippen MR) is 178 cm³/mol. The van der Waals surface area contributed by atoms with E-state index >= 15 is 0 Å². The highest BCUT2D eigenvalue weighted by molar-refractivity contribution is 5.97. The molecule has 1 aliphatic rings. The number of hydrogen-bond acceptors (Lipinski definition) is 9. The fourth-order valence-electron chi connectivity index (χ4n) is 5.48. The van der Waals surface area contributed by atoms with Crippen molar-refractivity contribution in [3.63, 3.8) is 0 Å². The van der Waals surface area contributed by atoms with E-state index in [0.717, 1.165) is 0 Å². The summed E-state index contributed by atoms with van der Waals surface area (Å²) in [6, 6.07) is -0.493. The number of aliphatic hydroxyl groups excluding tert-OH is 1. The summed E-state index contributed by atoms with van der Waals surface area (Å²) in [6.07, 6.45) is 0.0945. The van der Waals surface area contributed by atoms with Crippen LogP contribution in [0.15, 0.2) is 24.3 Å². The summed E-state index contributed by atoms with van der Waals surface area (Å²) in [4.78, 5) is 79.5. The molecule has 0 saturated carbocycles. The van der Waals surface area contributed by atoms with Gasteiger partial charge in [-0.05, 0) is 69.1 Å². The van der Waals surface area contributed by atoms with Crippen molar-refractivity contribution >= 4 is 35.4 Å². The van der Waals surface area contributed by atoms with E-state index in [9.17, 15) is 39.0 Å². The topological polar surface area (TPSA) is 246 Å². The molecule has 0 radical (unpaired) electrons. The number of phenolic OH excluding ortho intramolecular Hbond substituents is 1. The number of nitrogens with zero attached hydrogens (tertiary/aromatic N) is 1. The highest BCUT2D eigenvalue weighted by Crippen LogP contribution is 2.20. The van der Waals surface area contributed by atoms with Gasteiger partial charge in [0.1, 0.15) is 36.0 Å². The van der Waals surface area contributed by atoms with Crippen molar-refractivity contribution in [2.45, 2.75) is 116 Å². The number of rotatable bonds is 17. The average molecular weight is 676 g/mol. The summed E-state index contributed by atoms with van der Waals surface area (Å²) >= 11 is 0. The molecule has 1 saturated heterocycles. The van der Waals surface area contributed by atoms with Gasteiger partial charge in [0, 0.05) is 13.0 Å². The number of likely N-dealkylation sites (tertiary alicyclic amines) is 1. The van der Waals surface area contributed by atoms with E-state index in [-0.39, 0.29) is 37.0 Å². The molecule has 7 atom stereocenters. The first-order valence-electron chi connectivity index (χ1n) is 16.4. The molecule has 6 amide bonds. The first-order valence-corrected chi connectivity index (χ1v) is 16.4. The van der Waals surface area contributed by atoms with Crippen LogP contribution in [-0.4, -0.2) is 99.5 Å². The lowest BCUT2D eigenvalue weighted by Gasteiger charge is -2.31. The van der Waals surface area contributed by atoms with Gasteiger partial charge in [0.05, 0.1) is 12.1 Å². The summed E-state index contributed by atoms with van der Waals surface area (Å²) in [6.45, 7) is 10.5. The molecule has 1 aliphatic heterocycles. The Morgan fingerprint density at radius 1 is 0.833 bits per heavy atom. The molecule has 268 valence electrons. The summed E-state index contributed by atoms with van der Waals surface area (Å²) < 4.78 is 0. The average Bonchev–Trinajstić information content (AvgIpc) is 3.49. The van der Waals surface area contributed by atoms with Crippen LogP contribution >= 0.6 is 0 Å². The minimum Gasteiger partial charge on any atom is -0.508 e. The molecule has 1 fully saturated rings. The van der Waals surface area contributed by atoms with Crippen molar-refractivity contribution in [1.29, 1.82) is 0 Å². The first kappa shape index (κ1) is 39.9. The van der Waals surface area contributed by atoms with Crippen LogP contribution in [0, 0.1) is 11.8 Å². The molecule has 48 heavy (non-hydrogen) atoms. The van der Waals surface area contributed by atoms with Crippen molar-refractivity contribution < 1.29 is 39.0 Å². The SMILES string of the molecule is CC(C)C[C@H](NC(=O)[C@H](C)NC(=O)[C@H](Cc1ccc(O)cc1)NC(=O)[C@@H]1CCCN1C(=O)[C@@H](NC(=O)[C@@H](N)CC(C)C)[C@@H](C)O)C(N)=O. The van der Waals surface area contributed by atoms with Crippen LogP contribution in [0.2, 0.25) is 0 Å². The Labute approximate surface area is 281 Å². The smallest absolute Gasteiger partial charge is 0.248 e. The summed E-state index contributed by atoms with van der Waals surface area (Å²) in [5, 5.41) is 30.5. The number of primary amides is 1. The lowest BCUT2D eigenvalue weighted by molar-refractivity contribution is -0.144. The Hall–Kier alpha value is -4.24. The number of nitrogens with one attached hydrogen (secondary N) is 4. The zero-order valence-electron chi connectivity index (χ0n) is 28.7. The number of phenols is 1. The zero-order chi connectivity index (χ0) is 36.3. The highest BCUT2D eigenvalue weighted by Gasteiger charge is 2.41. The van der Waals surface area contributed by atoms with Crippen LogP contribution in [0.1, 0.15) is 72.8 Å². The number of nitrogens with two attached hydrogens (primary N) is 2. The maximum atomic E-state index is 13.7. The molecule has 1 heterocycles. The third-order valence-corrected chi connectivity index (χ3v) is 8.08. The van der Waals surface area contributed by atoms with Crippen LogP contribution in [0.4, 0.5) is 0 Å². The van der Waals surface area contributed by atoms with E-state index in [2.05, 4.69) is 21.3 Å². The molecule has 10 N–H and O–H groups in total. The summed E-state index contributed by atoms with van der Waals surface area (Å²) in [7, 11) is 0. The zero-order valence-corrected chi connectivity index (χ0v) is 28.7. The maximum absolute atomic E-state index is 13.7. The van der Waals surface area contributed by atoms with Gasteiger partial charge in [0.2, 0.25) is 35.4 Å². The molecular weight excluding hydrogens is 622 g/mol. The van der Waals surface area contributed by atoms with Crippen molar-refractivity contribution in [3.05, 3.63) is 29.8 Å². The number of amides is 6. The molecule has 0 aromatic heterocycles. The van der Waals surface area contributed by atoms with Gasteiger partial charge in [-0.15, -0.1) is 0 Å². The Morgan fingerprint density at radius 2 is 1.44 bits per heavy atom. The van der Waals surface area contributed by atoms with Crippen molar-refractivity contribution in [1.82, 2.24) is 26.2 Å². The Bertz CT molecular complexity index is 1290. The van der Waals surface area contributed by atoms with Crippen molar-refractivity contribution in [2.75, 3.05) is 6.54 Å². The number of aromatic hydroxyl groups is 1. The number of carbonyl (C=O) groups is 6. The van der Waals surface area contributed by atoms with Gasteiger partial charge in [-0.25, -0.2) is 0 Å². The second-order valence-corrected chi connectivity index (χ2v) is 13.4. The molecule has 0 bridgehead atoms. The molecule has 15 nitrogen and oxygen atoms in total. The molecule has 0 unspecified atom stereocenters. The first-order chi connectivity index (χ1) is 22.4. The number of carbonyl (C=O) groups excluding carboxylic acids is 6. The minimum atomic E-state index is -1.35. The lowest BCUT2D eigenvalue weighted by atomic mass is 10.0. The summed E-state index contributed by atoms with van der Waals surface area (Å²) in [5.41, 5.74) is 12.0. The molecule has 1 aromatic rings. The number of hydrogen-bond donors (Lipinski definition) is 8. The third-order valence-electron chi connectivity index (χ3n) is 8.08. The normalized spacial score (nSPS) is 18.3. The highest BCUT2D eigenvalue weighted by atomic mass is 16.3. The van der Waals surface area contributed by atoms with E-state index in [1.165, 1.54) is 30.9 Å². The van der Waals surface area contributed by atoms with Gasteiger partial charge >= 0.3 is 0 Å². The van der Waals surface area contributed by atoms with Gasteiger partial charge in [0.25, 0.3) is 0 Å². The minimum absolute atomic E-state index is 0.00418. The number of benzene rings is 1. The fourth-order valence-corrected chi connectivity index (χ4v) is 5.48. The third kappa shape index (κ3) is 12.1. The fraction of sp³-hybridized carbons (Fsp3) is 0.636. The van der Waals surface area contributed by atoms with Crippen LogP contribution in [0.5, 0.6) is 5.75 Å². The predicted octanol–water partition coefficient (Wildman–Crippen LogP) is -0.830. The monoisotopic (exact) mass is 675 g/mol. The van der Waals surface area contributed by atoms with Crippen molar-refractivity contribution in [3.8, 4) is 5.75 Å². The van der Waals surface area contributed by atoms with E-state index in [4.69, 9.17) is 11.5 Å². The van der Waals surface area contributed by atoms with Crippen LogP contribution in [-0.2, 0) is 35.2 Å². The molecule has 1 aromatic carbocycles. The Balaban J connectivity index is 2.24. The number of aliphatic hydroxyl groups is 1. The second kappa shape index (κ2) is 18.3. The molecule has 0 spiro atoms. The van der Waals surface area contributed by atoms with Crippen LogP contribution in [0.3, 0.4) is 0 Å². The van der Waals surface area contributed by atoms with Gasteiger partial charge in [-0.1, -0.05) is 39.8 Å². The van der Waals surface area contributed by atoms with Crippen LogP contribution in [0.25, 0.3) is 0 Å². The largest absolute Gasteiger partial charge is 0.508 e. The lowest BCUT2D eigenvalue weighted by Crippen LogP contribution is -2.60. The van der Waals surface area contributed by atoms with Gasteiger partial charge in [0.15, 0.2) is 0 Å². The Morgan fingerprint density at radius 3 is 1.98 bits per heavy atom. The standard InChI is InChI=1S/C33H53N7O8/c1-17(2)14-23(34)30(45)39-27(20(6)41)33(48)40-13-7-8-26(40)32(47)38-25(16-21-9-11-22(42)12-10-21)31(46)36-19(5)29(44)37-24(28(35)43)15-18(3)4/h9-12,17-20,23-27,41-42H,7-8,13-16,34H2,1-6H3,(H2,35,43)(H,36,46)(H,37,44)(H,38,47)(H,39,45)/t19-,20+,23-,24-,25-,26-,27-/m0/s1. The maximum Gasteiger partial charge on any atom is 0.248 e. The van der Waals surface area contributed by atoms with Crippen molar-refractivity contribution in [2.24, 2.45) is 23.3 Å². The molecule has 0 aliphatic carbocycles. The quantitative estimate of drug-likeness (QED) is 0.103. The van der Waals surface area contributed by atoms with Gasteiger partial charge in [-0.3, -0.25) is 28.8 Å². The molecule has 15 heteroatoms. The molecule has 2 rings (SSSR count). The van der Waals surface area contributed by atoms with E-state index in [1.807, 2.05) is 27.7 Å². The Kier molecular flexibility index (Phi) is 15.3. The second-order valence-electron chi connectivity index (χ2n) is 13.4. The molecular formula is C33H53N7O8. The van der Waals surface area contributed by atoms with Crippen LogP contribution < -0.4 is 32.7 Å². The van der Waals surface area contributed by atoms with Gasteiger partial charge in [-0.2, -0.15) is 0 Å².